The predicted molar refractivity (Wildman–Crippen MR) is 105 cm³/mol. The maximum Gasteiger partial charge on any atom is 0.0273 e. The zero-order chi connectivity index (χ0) is 17.1. The zero-order valence-corrected chi connectivity index (χ0v) is 14.4. The van der Waals surface area contributed by atoms with Gasteiger partial charge in [-0.05, 0) is 47.6 Å². The molecule has 0 unspecified atom stereocenters. The molecule has 1 rings (SSSR count). The molecule has 0 aliphatic rings. The molecule has 0 radical (unpaired) electrons. The Labute approximate surface area is 141 Å². The minimum Gasteiger partial charge on any atom is -0.301 e. The first-order valence-electron chi connectivity index (χ1n) is 7.93. The van der Waals surface area contributed by atoms with Crippen molar-refractivity contribution >= 4 is 11.8 Å². The van der Waals surface area contributed by atoms with Crippen molar-refractivity contribution in [3.63, 3.8) is 0 Å². The summed E-state index contributed by atoms with van der Waals surface area (Å²) < 4.78 is 0. The van der Waals surface area contributed by atoms with E-state index in [4.69, 9.17) is 0 Å². The molecule has 0 fully saturated rings. The van der Waals surface area contributed by atoms with E-state index in [0.29, 0.717) is 0 Å². The normalized spacial score (nSPS) is 12.0. The molecule has 0 saturated heterocycles. The molecule has 0 heterocycles. The second-order valence-electron chi connectivity index (χ2n) is 5.41. The first kappa shape index (κ1) is 18.6. The fourth-order valence-electron chi connectivity index (χ4n) is 2.26. The largest absolute Gasteiger partial charge is 0.301 e. The fraction of sp³-hybridized carbons (Fsp3) is 0.227. The van der Waals surface area contributed by atoms with Crippen molar-refractivity contribution in [1.29, 1.82) is 0 Å². The lowest BCUT2D eigenvalue weighted by molar-refractivity contribution is 1.02. The highest BCUT2D eigenvalue weighted by Gasteiger charge is 2.03. The highest BCUT2D eigenvalue weighted by atomic mass is 14.6. The van der Waals surface area contributed by atoms with Crippen LogP contribution in [-0.4, -0.2) is 13.3 Å². The lowest BCUT2D eigenvalue weighted by Crippen LogP contribution is -1.91. The van der Waals surface area contributed by atoms with Gasteiger partial charge in [0.2, 0.25) is 0 Å². The van der Waals surface area contributed by atoms with Gasteiger partial charge in [-0.25, -0.2) is 0 Å². The number of hydrogen-bond donors (Lipinski definition) is 0. The number of benzene rings is 1. The van der Waals surface area contributed by atoms with E-state index in [1.54, 1.807) is 13.1 Å². The van der Waals surface area contributed by atoms with Crippen LogP contribution in [-0.2, 0) is 6.42 Å². The van der Waals surface area contributed by atoms with E-state index < -0.39 is 0 Å². The summed E-state index contributed by atoms with van der Waals surface area (Å²) >= 11 is 0. The Hall–Kier alpha value is -2.41. The lowest BCUT2D eigenvalue weighted by atomic mass is 9.95. The van der Waals surface area contributed by atoms with Crippen molar-refractivity contribution in [1.82, 2.24) is 0 Å². The molecule has 0 atom stereocenters. The standard InChI is InChI=1S/C22H27N/c1-6-8-21(9-7-2)18(3)10-11-19(4)22-14-12-20(13-15-22)16-17-23-5/h6-9,12-15,17H,1,3-4,10-11,16H2,2,5H3/b9-7-,21-8+,23-17-. The SMILES string of the molecule is C=C/C=C(\C=C/C)C(=C)CCC(=C)c1ccc(C/C=N\C)cc1. The molecular weight excluding hydrogens is 278 g/mol. The summed E-state index contributed by atoms with van der Waals surface area (Å²) in [6.45, 7) is 14.2. The molecule has 1 aromatic rings. The molecule has 120 valence electrons. The van der Waals surface area contributed by atoms with E-state index in [1.165, 1.54) is 11.1 Å². The van der Waals surface area contributed by atoms with E-state index in [1.807, 2.05) is 25.3 Å². The molecule has 0 aliphatic heterocycles. The second kappa shape index (κ2) is 10.3. The van der Waals surface area contributed by atoms with Crippen LogP contribution in [0, 0.1) is 0 Å². The van der Waals surface area contributed by atoms with Gasteiger partial charge in [-0.15, -0.1) is 0 Å². The molecule has 0 saturated carbocycles. The van der Waals surface area contributed by atoms with Gasteiger partial charge in [0.1, 0.15) is 0 Å². The first-order valence-corrected chi connectivity index (χ1v) is 7.93. The van der Waals surface area contributed by atoms with Crippen molar-refractivity contribution in [3.05, 3.63) is 90.6 Å². The number of rotatable bonds is 9. The summed E-state index contributed by atoms with van der Waals surface area (Å²) in [5.41, 5.74) is 5.83. The van der Waals surface area contributed by atoms with Crippen molar-refractivity contribution in [3.8, 4) is 0 Å². The Morgan fingerprint density at radius 1 is 1.13 bits per heavy atom. The zero-order valence-electron chi connectivity index (χ0n) is 14.4. The minimum atomic E-state index is 0.874. The summed E-state index contributed by atoms with van der Waals surface area (Å²) in [4.78, 5) is 4.01. The number of nitrogens with zero attached hydrogens (tertiary/aromatic N) is 1. The smallest absolute Gasteiger partial charge is 0.0273 e. The molecule has 0 N–H and O–H groups in total. The van der Waals surface area contributed by atoms with Gasteiger partial charge in [0, 0.05) is 19.7 Å². The quantitative estimate of drug-likeness (QED) is 0.394. The minimum absolute atomic E-state index is 0.874. The van der Waals surface area contributed by atoms with Crippen LogP contribution in [0.5, 0.6) is 0 Å². The van der Waals surface area contributed by atoms with Crippen LogP contribution in [0.3, 0.4) is 0 Å². The molecule has 1 aromatic carbocycles. The molecule has 0 amide bonds. The summed E-state index contributed by atoms with van der Waals surface area (Å²) in [7, 11) is 1.80. The molecule has 0 spiro atoms. The predicted octanol–water partition coefficient (Wildman–Crippen LogP) is 5.97. The van der Waals surface area contributed by atoms with E-state index in [9.17, 15) is 0 Å². The van der Waals surface area contributed by atoms with Gasteiger partial charge < -0.3 is 4.99 Å². The van der Waals surface area contributed by atoms with E-state index in [0.717, 1.165) is 36.0 Å². The van der Waals surface area contributed by atoms with Crippen LogP contribution in [0.25, 0.3) is 5.57 Å². The highest BCUT2D eigenvalue weighted by molar-refractivity contribution is 5.66. The van der Waals surface area contributed by atoms with Gasteiger partial charge in [-0.2, -0.15) is 0 Å². The van der Waals surface area contributed by atoms with Gasteiger partial charge in [0.15, 0.2) is 0 Å². The van der Waals surface area contributed by atoms with Crippen LogP contribution in [0.2, 0.25) is 0 Å². The summed E-state index contributed by atoms with van der Waals surface area (Å²) in [5.74, 6) is 0. The number of hydrogen-bond acceptors (Lipinski definition) is 1. The summed E-state index contributed by atoms with van der Waals surface area (Å²) in [6, 6.07) is 8.55. The van der Waals surface area contributed by atoms with Crippen LogP contribution in [0.4, 0.5) is 0 Å². The number of allylic oxidation sites excluding steroid dienone is 7. The van der Waals surface area contributed by atoms with E-state index in [-0.39, 0.29) is 0 Å². The van der Waals surface area contributed by atoms with E-state index in [2.05, 4.69) is 55.1 Å². The molecule has 0 aliphatic carbocycles. The second-order valence-corrected chi connectivity index (χ2v) is 5.41. The third kappa shape index (κ3) is 6.48. The molecule has 23 heavy (non-hydrogen) atoms. The highest BCUT2D eigenvalue weighted by Crippen LogP contribution is 2.24. The van der Waals surface area contributed by atoms with Crippen molar-refractivity contribution in [2.45, 2.75) is 26.2 Å². The van der Waals surface area contributed by atoms with Gasteiger partial charge in [-0.1, -0.05) is 68.3 Å². The van der Waals surface area contributed by atoms with Crippen LogP contribution in [0.15, 0.2) is 84.4 Å². The topological polar surface area (TPSA) is 12.4 Å². The van der Waals surface area contributed by atoms with Crippen molar-refractivity contribution < 1.29 is 0 Å². The molecule has 1 nitrogen and oxygen atoms in total. The van der Waals surface area contributed by atoms with Gasteiger partial charge in [-0.3, -0.25) is 0 Å². The van der Waals surface area contributed by atoms with Crippen molar-refractivity contribution in [2.75, 3.05) is 7.05 Å². The van der Waals surface area contributed by atoms with Crippen LogP contribution in [0.1, 0.15) is 30.9 Å². The van der Waals surface area contributed by atoms with Gasteiger partial charge >= 0.3 is 0 Å². The Kier molecular flexibility index (Phi) is 8.38. The Balaban J connectivity index is 2.64. The number of aliphatic imine (C=N–C) groups is 1. The van der Waals surface area contributed by atoms with Crippen molar-refractivity contribution in [2.24, 2.45) is 4.99 Å². The molecular formula is C22H27N. The first-order chi connectivity index (χ1) is 11.1. The molecule has 0 bridgehead atoms. The molecule has 0 aromatic heterocycles. The third-order valence-corrected chi connectivity index (χ3v) is 3.65. The van der Waals surface area contributed by atoms with Crippen LogP contribution >= 0.6 is 0 Å². The van der Waals surface area contributed by atoms with E-state index >= 15 is 0 Å². The maximum atomic E-state index is 4.21. The fourth-order valence-corrected chi connectivity index (χ4v) is 2.26. The monoisotopic (exact) mass is 305 g/mol. The van der Waals surface area contributed by atoms with Gasteiger partial charge in [0.25, 0.3) is 0 Å². The maximum absolute atomic E-state index is 4.21. The summed E-state index contributed by atoms with van der Waals surface area (Å²) in [5, 5.41) is 0. The Morgan fingerprint density at radius 2 is 1.83 bits per heavy atom. The lowest BCUT2D eigenvalue weighted by Gasteiger charge is -2.10. The Bertz CT molecular complexity index is 624. The van der Waals surface area contributed by atoms with Gasteiger partial charge in [0.05, 0.1) is 0 Å². The third-order valence-electron chi connectivity index (χ3n) is 3.65. The average Bonchev–Trinajstić information content (AvgIpc) is 2.57. The Morgan fingerprint density at radius 3 is 2.39 bits per heavy atom. The summed E-state index contributed by atoms with van der Waals surface area (Å²) in [6.07, 6.45) is 12.5. The molecule has 1 heteroatoms. The average molecular weight is 305 g/mol. The van der Waals surface area contributed by atoms with Crippen LogP contribution < -0.4 is 0 Å².